The fraction of sp³-hybridized carbons (Fsp3) is 0.303. The molecule has 5 N–H and O–H groups in total. The lowest BCUT2D eigenvalue weighted by atomic mass is 9.94. The highest BCUT2D eigenvalue weighted by Crippen LogP contribution is 2.27. The van der Waals surface area contributed by atoms with Crippen LogP contribution in [0, 0.1) is 17.6 Å². The zero-order valence-corrected chi connectivity index (χ0v) is 25.4. The van der Waals surface area contributed by atoms with Gasteiger partial charge in [-0.2, -0.15) is 0 Å². The van der Waals surface area contributed by atoms with Gasteiger partial charge >= 0.3 is 11.9 Å². The van der Waals surface area contributed by atoms with Crippen LogP contribution in [0.5, 0.6) is 0 Å². The maximum atomic E-state index is 14.3. The molecule has 0 unspecified atom stereocenters. The molecule has 0 fully saturated rings. The van der Waals surface area contributed by atoms with Crippen LogP contribution in [0.15, 0.2) is 60.7 Å². The number of carboxylic acid groups (broad SMARTS) is 2. The number of benzene rings is 3. The maximum absolute atomic E-state index is 14.3. The minimum atomic E-state index is -3.04. The van der Waals surface area contributed by atoms with Crippen molar-refractivity contribution in [3.05, 3.63) is 94.6 Å². The third-order valence-electron chi connectivity index (χ3n) is 7.06. The summed E-state index contributed by atoms with van der Waals surface area (Å²) in [6.45, 7) is 3.05. The van der Waals surface area contributed by atoms with Crippen molar-refractivity contribution >= 4 is 29.7 Å². The van der Waals surface area contributed by atoms with E-state index in [0.717, 1.165) is 0 Å². The van der Waals surface area contributed by atoms with Crippen LogP contribution < -0.4 is 16.0 Å². The number of amides is 3. The van der Waals surface area contributed by atoms with Gasteiger partial charge in [0.2, 0.25) is 18.2 Å². The molecule has 3 aromatic carbocycles. The third-order valence-corrected chi connectivity index (χ3v) is 7.06. The van der Waals surface area contributed by atoms with Gasteiger partial charge in [0.25, 0.3) is 5.91 Å². The highest BCUT2D eigenvalue weighted by molar-refractivity contribution is 6.06. The summed E-state index contributed by atoms with van der Waals surface area (Å²) in [6, 6.07) is 10.3. The number of rotatable bonds is 15. The van der Waals surface area contributed by atoms with Gasteiger partial charge in [0.1, 0.15) is 23.7 Å². The van der Waals surface area contributed by atoms with Gasteiger partial charge in [-0.3, -0.25) is 14.4 Å². The Balaban J connectivity index is 1.77. The molecule has 0 saturated carbocycles. The number of nitrogens with one attached hydrogen (secondary N) is 3. The van der Waals surface area contributed by atoms with Crippen molar-refractivity contribution in [2.75, 3.05) is 6.54 Å². The number of hydrogen-bond donors (Lipinski definition) is 5. The van der Waals surface area contributed by atoms with Crippen molar-refractivity contribution in [3.63, 3.8) is 0 Å². The lowest BCUT2D eigenvalue weighted by molar-refractivity contribution is -0.131. The molecule has 0 aromatic heterocycles. The van der Waals surface area contributed by atoms with Crippen LogP contribution in [-0.4, -0.2) is 64.9 Å². The first-order valence-corrected chi connectivity index (χ1v) is 14.5. The number of carbonyl (C=O) groups is 5. The Morgan fingerprint density at radius 1 is 0.723 bits per heavy atom. The smallest absolute Gasteiger partial charge is 0.336 e. The molecule has 3 amide bonds. The monoisotopic (exact) mass is 659 g/mol. The molecule has 0 aliphatic rings. The minimum absolute atomic E-state index is 0.0410. The van der Waals surface area contributed by atoms with Crippen LogP contribution in [0.25, 0.3) is 11.1 Å². The Labute approximate surface area is 267 Å². The number of carboxylic acids is 2. The van der Waals surface area contributed by atoms with Crippen LogP contribution in [0.3, 0.4) is 0 Å². The standard InChI is InChI=1S/C33H33F4N3O7/c1-17(2)13-26(39-29(41)21-9-5-3-7-19(21)20-8-4-6-10-22(20)33(46)47)31(43)40-27(16-28(36)37)30(42)38-12-11-23-24(34)14-18(32(44)45)15-25(23)35/h3-10,14-15,17,26-28H,11-13,16H2,1-2H3,(H,38,42)(H,39,41)(H,40,43)(H,44,45)(H,46,47)/t26-,27-/m0/s1. The van der Waals surface area contributed by atoms with Crippen LogP contribution in [0.4, 0.5) is 17.6 Å². The summed E-state index contributed by atoms with van der Waals surface area (Å²) in [7, 11) is 0. The van der Waals surface area contributed by atoms with E-state index in [9.17, 15) is 46.6 Å². The van der Waals surface area contributed by atoms with Crippen LogP contribution in [0.1, 0.15) is 63.3 Å². The molecule has 2 atom stereocenters. The van der Waals surface area contributed by atoms with Crippen molar-refractivity contribution in [1.29, 1.82) is 0 Å². The van der Waals surface area contributed by atoms with E-state index in [0.29, 0.717) is 12.1 Å². The van der Waals surface area contributed by atoms with Crippen molar-refractivity contribution < 1.29 is 51.7 Å². The van der Waals surface area contributed by atoms with Crippen molar-refractivity contribution in [1.82, 2.24) is 16.0 Å². The lowest BCUT2D eigenvalue weighted by Crippen LogP contribution is -2.54. The molecule has 0 bridgehead atoms. The van der Waals surface area contributed by atoms with Gasteiger partial charge in [0.05, 0.1) is 11.1 Å². The van der Waals surface area contributed by atoms with Gasteiger partial charge in [-0.1, -0.05) is 50.2 Å². The van der Waals surface area contributed by atoms with Crippen molar-refractivity contribution in [3.8, 4) is 11.1 Å². The molecule has 3 aromatic rings. The molecular formula is C33H33F4N3O7. The number of hydrogen-bond acceptors (Lipinski definition) is 5. The Hall–Kier alpha value is -5.27. The van der Waals surface area contributed by atoms with E-state index < -0.39 is 90.3 Å². The van der Waals surface area contributed by atoms with E-state index in [1.165, 1.54) is 30.3 Å². The quantitative estimate of drug-likeness (QED) is 0.148. The first-order valence-electron chi connectivity index (χ1n) is 14.5. The summed E-state index contributed by atoms with van der Waals surface area (Å²) in [6.07, 6.45) is -4.55. The third kappa shape index (κ3) is 9.86. The van der Waals surface area contributed by atoms with Crippen LogP contribution in [-0.2, 0) is 16.0 Å². The summed E-state index contributed by atoms with van der Waals surface area (Å²) in [5, 5.41) is 25.6. The molecule has 0 aliphatic heterocycles. The number of carbonyl (C=O) groups excluding carboxylic acids is 3. The highest BCUT2D eigenvalue weighted by Gasteiger charge is 2.30. The van der Waals surface area contributed by atoms with E-state index in [1.807, 2.05) is 0 Å². The summed E-state index contributed by atoms with van der Waals surface area (Å²) in [5.41, 5.74) is -0.651. The molecule has 14 heteroatoms. The largest absolute Gasteiger partial charge is 0.478 e. The first-order chi connectivity index (χ1) is 22.2. The molecule has 3 rings (SSSR count). The molecule has 0 saturated heterocycles. The Morgan fingerprint density at radius 2 is 1.26 bits per heavy atom. The van der Waals surface area contributed by atoms with Gasteiger partial charge in [-0.25, -0.2) is 27.2 Å². The Morgan fingerprint density at radius 3 is 1.79 bits per heavy atom. The van der Waals surface area contributed by atoms with Gasteiger partial charge in [-0.05, 0) is 54.2 Å². The van der Waals surface area contributed by atoms with E-state index >= 15 is 0 Å². The molecular weight excluding hydrogens is 626 g/mol. The SMILES string of the molecule is CC(C)C[C@H](NC(=O)c1ccccc1-c1ccccc1C(=O)O)C(=O)N[C@@H](CC(F)F)C(=O)NCCc1c(F)cc(C(=O)O)cc1F. The second-order valence-electron chi connectivity index (χ2n) is 11.0. The van der Waals surface area contributed by atoms with Gasteiger partial charge in [-0.15, -0.1) is 0 Å². The zero-order chi connectivity index (χ0) is 34.8. The molecule has 250 valence electrons. The second-order valence-corrected chi connectivity index (χ2v) is 11.0. The summed E-state index contributed by atoms with van der Waals surface area (Å²) < 4.78 is 55.4. The van der Waals surface area contributed by atoms with Crippen molar-refractivity contribution in [2.45, 2.75) is 51.6 Å². The maximum Gasteiger partial charge on any atom is 0.336 e. The normalized spacial score (nSPS) is 12.3. The van der Waals surface area contributed by atoms with Gasteiger partial charge in [0.15, 0.2) is 0 Å². The number of aromatic carboxylic acids is 2. The summed E-state index contributed by atoms with van der Waals surface area (Å²) in [4.78, 5) is 62.4. The molecule has 0 spiro atoms. The molecule has 0 heterocycles. The highest BCUT2D eigenvalue weighted by atomic mass is 19.3. The molecule has 0 radical (unpaired) electrons. The second kappa shape index (κ2) is 16.3. The van der Waals surface area contributed by atoms with Crippen molar-refractivity contribution in [2.24, 2.45) is 5.92 Å². The number of alkyl halides is 2. The van der Waals surface area contributed by atoms with E-state index in [-0.39, 0.29) is 34.6 Å². The summed E-state index contributed by atoms with van der Waals surface area (Å²) >= 11 is 0. The van der Waals surface area contributed by atoms with E-state index in [4.69, 9.17) is 5.11 Å². The minimum Gasteiger partial charge on any atom is -0.478 e. The lowest BCUT2D eigenvalue weighted by Gasteiger charge is -2.24. The fourth-order valence-electron chi connectivity index (χ4n) is 4.84. The van der Waals surface area contributed by atoms with Crippen LogP contribution >= 0.6 is 0 Å². The topological polar surface area (TPSA) is 162 Å². The summed E-state index contributed by atoms with van der Waals surface area (Å²) in [5.74, 6) is -8.08. The average molecular weight is 660 g/mol. The first kappa shape index (κ1) is 36.2. The Kier molecular flexibility index (Phi) is 12.6. The fourth-order valence-corrected chi connectivity index (χ4v) is 4.84. The van der Waals surface area contributed by atoms with E-state index in [1.54, 1.807) is 32.0 Å². The molecule has 0 aliphatic carbocycles. The van der Waals surface area contributed by atoms with Gasteiger partial charge in [0, 0.05) is 24.1 Å². The predicted octanol–water partition coefficient (Wildman–Crippen LogP) is 4.67. The predicted molar refractivity (Wildman–Crippen MR) is 162 cm³/mol. The number of halogens is 4. The van der Waals surface area contributed by atoms with E-state index in [2.05, 4.69) is 16.0 Å². The molecule has 47 heavy (non-hydrogen) atoms. The van der Waals surface area contributed by atoms with Gasteiger partial charge < -0.3 is 26.2 Å². The average Bonchev–Trinajstić information content (AvgIpc) is 3.00. The zero-order valence-electron chi connectivity index (χ0n) is 25.4. The Bertz CT molecular complexity index is 1620. The van der Waals surface area contributed by atoms with Crippen LogP contribution in [0.2, 0.25) is 0 Å². The molecule has 10 nitrogen and oxygen atoms in total.